The average Bonchev–Trinajstić information content (AvgIpc) is 2.84. The van der Waals surface area contributed by atoms with Gasteiger partial charge in [-0.25, -0.2) is 4.98 Å². The Labute approximate surface area is 116 Å². The number of hydrogen-bond donors (Lipinski definition) is 1. The van der Waals surface area contributed by atoms with Crippen molar-refractivity contribution >= 4 is 11.3 Å². The van der Waals surface area contributed by atoms with Gasteiger partial charge in [0.15, 0.2) is 0 Å². The van der Waals surface area contributed by atoms with Crippen molar-refractivity contribution in [3.63, 3.8) is 0 Å². The molecule has 1 unspecified atom stereocenters. The molecule has 1 heterocycles. The zero-order valence-corrected chi connectivity index (χ0v) is 13.2. The lowest BCUT2D eigenvalue weighted by atomic mass is 9.81. The SMILES string of the molecule is CCNC(Cc1nccs1)C(CC)(CC)N(C)C. The van der Waals surface area contributed by atoms with Crippen LogP contribution in [0.1, 0.15) is 38.6 Å². The topological polar surface area (TPSA) is 28.2 Å². The van der Waals surface area contributed by atoms with Crippen LogP contribution in [0.5, 0.6) is 0 Å². The largest absolute Gasteiger partial charge is 0.312 e. The summed E-state index contributed by atoms with van der Waals surface area (Å²) in [6, 6.07) is 0.457. The third kappa shape index (κ3) is 3.31. The van der Waals surface area contributed by atoms with E-state index in [0.29, 0.717) is 6.04 Å². The van der Waals surface area contributed by atoms with E-state index in [1.165, 1.54) is 5.01 Å². The molecule has 1 aromatic heterocycles. The monoisotopic (exact) mass is 269 g/mol. The second-order valence-electron chi connectivity index (χ2n) is 4.95. The van der Waals surface area contributed by atoms with Gasteiger partial charge in [-0.2, -0.15) is 0 Å². The molecule has 1 aromatic rings. The number of thiazole rings is 1. The molecule has 3 nitrogen and oxygen atoms in total. The number of likely N-dealkylation sites (N-methyl/N-ethyl adjacent to an activating group) is 2. The van der Waals surface area contributed by atoms with Crippen molar-refractivity contribution in [2.24, 2.45) is 0 Å². The molecule has 0 radical (unpaired) electrons. The van der Waals surface area contributed by atoms with Gasteiger partial charge in [-0.1, -0.05) is 20.8 Å². The summed E-state index contributed by atoms with van der Waals surface area (Å²) in [7, 11) is 4.39. The average molecular weight is 269 g/mol. The van der Waals surface area contributed by atoms with Crippen LogP contribution in [-0.4, -0.2) is 42.1 Å². The van der Waals surface area contributed by atoms with Gasteiger partial charge in [-0.05, 0) is 33.5 Å². The van der Waals surface area contributed by atoms with E-state index in [9.17, 15) is 0 Å². The Morgan fingerprint density at radius 2 is 2.00 bits per heavy atom. The summed E-state index contributed by atoms with van der Waals surface area (Å²) in [5.74, 6) is 0. The second kappa shape index (κ2) is 7.22. The van der Waals surface area contributed by atoms with E-state index in [1.54, 1.807) is 11.3 Å². The van der Waals surface area contributed by atoms with Crippen LogP contribution >= 0.6 is 11.3 Å². The Bertz CT molecular complexity index is 318. The summed E-state index contributed by atoms with van der Waals surface area (Å²) in [5.41, 5.74) is 0.210. The van der Waals surface area contributed by atoms with E-state index in [4.69, 9.17) is 0 Å². The van der Waals surface area contributed by atoms with Crippen LogP contribution < -0.4 is 5.32 Å². The minimum atomic E-state index is 0.210. The zero-order chi connectivity index (χ0) is 13.6. The molecule has 18 heavy (non-hydrogen) atoms. The molecule has 0 saturated carbocycles. The first-order valence-corrected chi connectivity index (χ1v) is 7.77. The van der Waals surface area contributed by atoms with E-state index >= 15 is 0 Å². The number of hydrogen-bond acceptors (Lipinski definition) is 4. The molecular weight excluding hydrogens is 242 g/mol. The maximum atomic E-state index is 4.44. The van der Waals surface area contributed by atoms with Crippen LogP contribution in [0.2, 0.25) is 0 Å². The third-order valence-corrected chi connectivity index (χ3v) is 4.88. The van der Waals surface area contributed by atoms with Crippen LogP contribution in [0.25, 0.3) is 0 Å². The van der Waals surface area contributed by atoms with Gasteiger partial charge >= 0.3 is 0 Å². The Hall–Kier alpha value is -0.450. The summed E-state index contributed by atoms with van der Waals surface area (Å²) in [6.45, 7) is 7.76. The lowest BCUT2D eigenvalue weighted by Crippen LogP contribution is -2.59. The highest BCUT2D eigenvalue weighted by atomic mass is 32.1. The lowest BCUT2D eigenvalue weighted by molar-refractivity contribution is 0.0889. The maximum Gasteiger partial charge on any atom is 0.0941 e. The van der Waals surface area contributed by atoms with E-state index in [0.717, 1.165) is 25.8 Å². The summed E-state index contributed by atoms with van der Waals surface area (Å²) in [6.07, 6.45) is 5.22. The van der Waals surface area contributed by atoms with Gasteiger partial charge in [0.1, 0.15) is 0 Å². The number of rotatable bonds is 8. The standard InChI is InChI=1S/C14H27N3S/c1-6-14(7-2,17(4)5)12(15-8-3)11-13-16-9-10-18-13/h9-10,12,15H,6-8,11H2,1-5H3. The Morgan fingerprint density at radius 1 is 1.33 bits per heavy atom. The fourth-order valence-corrected chi connectivity index (χ4v) is 3.58. The maximum absolute atomic E-state index is 4.44. The molecule has 1 N–H and O–H groups in total. The summed E-state index contributed by atoms with van der Waals surface area (Å²) in [5, 5.41) is 6.96. The van der Waals surface area contributed by atoms with Gasteiger partial charge < -0.3 is 10.2 Å². The molecule has 0 fully saturated rings. The highest BCUT2D eigenvalue weighted by molar-refractivity contribution is 7.09. The zero-order valence-electron chi connectivity index (χ0n) is 12.4. The Morgan fingerprint density at radius 3 is 2.39 bits per heavy atom. The minimum absolute atomic E-state index is 0.210. The van der Waals surface area contributed by atoms with Gasteiger partial charge in [-0.15, -0.1) is 11.3 Å². The van der Waals surface area contributed by atoms with Crippen LogP contribution in [0.4, 0.5) is 0 Å². The summed E-state index contributed by atoms with van der Waals surface area (Å²) >= 11 is 1.76. The van der Waals surface area contributed by atoms with Gasteiger partial charge in [0.2, 0.25) is 0 Å². The van der Waals surface area contributed by atoms with Crippen molar-refractivity contribution in [1.82, 2.24) is 15.2 Å². The first-order valence-electron chi connectivity index (χ1n) is 6.89. The van der Waals surface area contributed by atoms with Crippen molar-refractivity contribution < 1.29 is 0 Å². The molecule has 0 aliphatic heterocycles. The molecule has 4 heteroatoms. The molecule has 0 saturated heterocycles. The van der Waals surface area contributed by atoms with Crippen molar-refractivity contribution in [1.29, 1.82) is 0 Å². The van der Waals surface area contributed by atoms with Crippen LogP contribution in [-0.2, 0) is 6.42 Å². The van der Waals surface area contributed by atoms with E-state index < -0.39 is 0 Å². The molecule has 0 aliphatic rings. The van der Waals surface area contributed by atoms with E-state index in [1.807, 2.05) is 6.20 Å². The highest BCUT2D eigenvalue weighted by Gasteiger charge is 2.37. The molecule has 1 rings (SSSR count). The quantitative estimate of drug-likeness (QED) is 0.786. The summed E-state index contributed by atoms with van der Waals surface area (Å²) < 4.78 is 0. The lowest BCUT2D eigenvalue weighted by Gasteiger charge is -2.45. The molecular formula is C14H27N3S. The molecule has 0 aromatic carbocycles. The molecule has 0 amide bonds. The fraction of sp³-hybridized carbons (Fsp3) is 0.786. The molecule has 104 valence electrons. The third-order valence-electron chi connectivity index (χ3n) is 4.08. The molecule has 0 bridgehead atoms. The molecule has 0 spiro atoms. The second-order valence-corrected chi connectivity index (χ2v) is 5.92. The van der Waals surface area contributed by atoms with Gasteiger partial charge in [-0.3, -0.25) is 0 Å². The van der Waals surface area contributed by atoms with Crippen molar-refractivity contribution in [3.8, 4) is 0 Å². The van der Waals surface area contributed by atoms with Crippen molar-refractivity contribution in [2.75, 3.05) is 20.6 Å². The van der Waals surface area contributed by atoms with Crippen molar-refractivity contribution in [3.05, 3.63) is 16.6 Å². The van der Waals surface area contributed by atoms with Crippen LogP contribution in [0.3, 0.4) is 0 Å². The fourth-order valence-electron chi connectivity index (χ4n) is 2.91. The Kier molecular flexibility index (Phi) is 6.26. The normalized spacial score (nSPS) is 14.1. The van der Waals surface area contributed by atoms with Crippen LogP contribution in [0.15, 0.2) is 11.6 Å². The number of nitrogens with one attached hydrogen (secondary N) is 1. The first kappa shape index (κ1) is 15.6. The number of aromatic nitrogens is 1. The van der Waals surface area contributed by atoms with Gasteiger partial charge in [0.25, 0.3) is 0 Å². The van der Waals surface area contributed by atoms with Gasteiger partial charge in [0, 0.05) is 29.6 Å². The van der Waals surface area contributed by atoms with E-state index in [-0.39, 0.29) is 5.54 Å². The Balaban J connectivity index is 2.92. The van der Waals surface area contributed by atoms with Crippen molar-refractivity contribution in [2.45, 2.75) is 51.6 Å². The smallest absolute Gasteiger partial charge is 0.0941 e. The molecule has 1 atom stereocenters. The van der Waals surface area contributed by atoms with Gasteiger partial charge in [0.05, 0.1) is 5.01 Å². The summed E-state index contributed by atoms with van der Waals surface area (Å²) in [4.78, 5) is 6.82. The predicted molar refractivity (Wildman–Crippen MR) is 80.3 cm³/mol. The first-order chi connectivity index (χ1) is 8.60. The predicted octanol–water partition coefficient (Wildman–Crippen LogP) is 2.78. The number of nitrogens with zero attached hydrogens (tertiary/aromatic N) is 2. The van der Waals surface area contributed by atoms with E-state index in [2.05, 4.69) is 55.4 Å². The molecule has 0 aliphatic carbocycles. The van der Waals surface area contributed by atoms with Crippen LogP contribution in [0, 0.1) is 0 Å². The minimum Gasteiger partial charge on any atom is -0.312 e. The highest BCUT2D eigenvalue weighted by Crippen LogP contribution is 2.28.